The zero-order chi connectivity index (χ0) is 14.8. The molecule has 0 saturated carbocycles. The summed E-state index contributed by atoms with van der Waals surface area (Å²) in [5.74, 6) is 0. The molecular weight excluding hydrogens is 291 g/mol. The number of hydrogen-bond donors (Lipinski definition) is 1. The van der Waals surface area contributed by atoms with Gasteiger partial charge >= 0.3 is 0 Å². The topological polar surface area (TPSA) is 29.3 Å². The molecule has 1 unspecified atom stereocenters. The third-order valence-corrected chi connectivity index (χ3v) is 5.22. The van der Waals surface area contributed by atoms with Crippen LogP contribution in [0.25, 0.3) is 0 Å². The van der Waals surface area contributed by atoms with Gasteiger partial charge < -0.3 is 5.73 Å². The number of nitrogens with zero attached hydrogens (tertiary/aromatic N) is 1. The molecule has 0 radical (unpaired) electrons. The van der Waals surface area contributed by atoms with Crippen molar-refractivity contribution in [1.82, 2.24) is 4.90 Å². The maximum atomic E-state index is 6.53. The fourth-order valence-electron chi connectivity index (χ4n) is 2.96. The Kier molecular flexibility index (Phi) is 5.36. The van der Waals surface area contributed by atoms with Crippen LogP contribution in [-0.4, -0.2) is 23.5 Å². The lowest BCUT2D eigenvalue weighted by Crippen LogP contribution is -2.51. The summed E-state index contributed by atoms with van der Waals surface area (Å²) in [6.07, 6.45) is 5.18. The molecule has 2 N–H and O–H groups in total. The van der Waals surface area contributed by atoms with Gasteiger partial charge in [-0.15, -0.1) is 0 Å². The highest BCUT2D eigenvalue weighted by atomic mass is 35.5. The van der Waals surface area contributed by atoms with Gasteiger partial charge in [0.2, 0.25) is 0 Å². The van der Waals surface area contributed by atoms with Gasteiger partial charge in [0, 0.05) is 11.6 Å². The Balaban J connectivity index is 2.20. The molecule has 1 aliphatic heterocycles. The number of rotatable bonds is 3. The van der Waals surface area contributed by atoms with Crippen molar-refractivity contribution in [2.45, 2.75) is 51.1 Å². The lowest BCUT2D eigenvalue weighted by Gasteiger charge is -2.42. The zero-order valence-electron chi connectivity index (χ0n) is 12.3. The van der Waals surface area contributed by atoms with Crippen LogP contribution in [0.1, 0.15) is 51.1 Å². The lowest BCUT2D eigenvalue weighted by atomic mass is 9.87. The average molecular weight is 315 g/mol. The second-order valence-corrected chi connectivity index (χ2v) is 7.02. The fraction of sp³-hybridized carbons (Fsp3) is 0.625. The highest BCUT2D eigenvalue weighted by Gasteiger charge is 2.34. The summed E-state index contributed by atoms with van der Waals surface area (Å²) in [6, 6.07) is 5.64. The molecule has 0 aromatic heterocycles. The van der Waals surface area contributed by atoms with Gasteiger partial charge in [-0.25, -0.2) is 0 Å². The summed E-state index contributed by atoms with van der Waals surface area (Å²) >= 11 is 12.1. The summed E-state index contributed by atoms with van der Waals surface area (Å²) in [7, 11) is 0. The van der Waals surface area contributed by atoms with Crippen molar-refractivity contribution < 1.29 is 0 Å². The molecule has 0 aliphatic carbocycles. The molecule has 2 rings (SSSR count). The Morgan fingerprint density at radius 2 is 1.65 bits per heavy atom. The van der Waals surface area contributed by atoms with Crippen LogP contribution in [0.3, 0.4) is 0 Å². The Labute approximate surface area is 132 Å². The molecule has 1 fully saturated rings. The number of halogens is 2. The van der Waals surface area contributed by atoms with Crippen LogP contribution >= 0.6 is 23.2 Å². The molecule has 1 aromatic carbocycles. The highest BCUT2D eigenvalue weighted by molar-refractivity contribution is 6.42. The van der Waals surface area contributed by atoms with E-state index in [4.69, 9.17) is 28.9 Å². The minimum Gasteiger partial charge on any atom is -0.322 e. The van der Waals surface area contributed by atoms with Crippen molar-refractivity contribution in [1.29, 1.82) is 0 Å². The molecule has 1 atom stereocenters. The number of nitrogens with two attached hydrogens (primary N) is 1. The summed E-state index contributed by atoms with van der Waals surface area (Å²) in [4.78, 5) is 2.52. The molecule has 1 aliphatic rings. The zero-order valence-corrected chi connectivity index (χ0v) is 13.8. The van der Waals surface area contributed by atoms with Gasteiger partial charge in [0.15, 0.2) is 0 Å². The number of hydrogen-bond acceptors (Lipinski definition) is 2. The molecule has 112 valence electrons. The van der Waals surface area contributed by atoms with Crippen LogP contribution < -0.4 is 5.73 Å². The third-order valence-electron chi connectivity index (χ3n) is 4.48. The first-order valence-corrected chi connectivity index (χ1v) is 8.14. The summed E-state index contributed by atoms with van der Waals surface area (Å²) in [6.45, 7) is 6.71. The molecular formula is C16H24Cl2N2. The minimum atomic E-state index is -0.0818. The molecule has 4 heteroatoms. The summed E-state index contributed by atoms with van der Waals surface area (Å²) < 4.78 is 0. The van der Waals surface area contributed by atoms with Crippen LogP contribution in [0.2, 0.25) is 10.0 Å². The van der Waals surface area contributed by atoms with Crippen molar-refractivity contribution >= 4 is 23.2 Å². The number of likely N-dealkylation sites (tertiary alicyclic amines) is 1. The highest BCUT2D eigenvalue weighted by Crippen LogP contribution is 2.33. The van der Waals surface area contributed by atoms with Crippen molar-refractivity contribution in [3.8, 4) is 0 Å². The summed E-state index contributed by atoms with van der Waals surface area (Å²) in [5, 5.41) is 1.15. The Hall–Kier alpha value is -0.280. The average Bonchev–Trinajstić information content (AvgIpc) is 2.70. The fourth-order valence-corrected chi connectivity index (χ4v) is 3.26. The lowest BCUT2D eigenvalue weighted by molar-refractivity contribution is 0.0980. The van der Waals surface area contributed by atoms with E-state index < -0.39 is 0 Å². The smallest absolute Gasteiger partial charge is 0.0595 e. The van der Waals surface area contributed by atoms with Gasteiger partial charge in [-0.2, -0.15) is 0 Å². The van der Waals surface area contributed by atoms with Crippen LogP contribution in [0.4, 0.5) is 0 Å². The molecule has 0 bridgehead atoms. The van der Waals surface area contributed by atoms with Crippen LogP contribution in [0.15, 0.2) is 18.2 Å². The monoisotopic (exact) mass is 314 g/mol. The molecule has 1 saturated heterocycles. The summed E-state index contributed by atoms with van der Waals surface area (Å²) in [5.41, 5.74) is 7.50. The van der Waals surface area contributed by atoms with Crippen molar-refractivity contribution in [3.63, 3.8) is 0 Å². The van der Waals surface area contributed by atoms with Gasteiger partial charge in [0.25, 0.3) is 0 Å². The van der Waals surface area contributed by atoms with E-state index >= 15 is 0 Å². The van der Waals surface area contributed by atoms with Gasteiger partial charge in [0.05, 0.1) is 10.0 Å². The number of benzene rings is 1. The van der Waals surface area contributed by atoms with Crippen molar-refractivity contribution in [2.24, 2.45) is 5.73 Å². The minimum absolute atomic E-state index is 0.0737. The predicted octanol–water partition coefficient (Wildman–Crippen LogP) is 4.65. The van der Waals surface area contributed by atoms with Gasteiger partial charge in [0.1, 0.15) is 0 Å². The van der Waals surface area contributed by atoms with Crippen molar-refractivity contribution in [2.75, 3.05) is 13.1 Å². The van der Waals surface area contributed by atoms with Crippen molar-refractivity contribution in [3.05, 3.63) is 33.8 Å². The molecule has 20 heavy (non-hydrogen) atoms. The Bertz CT molecular complexity index is 452. The van der Waals surface area contributed by atoms with E-state index in [1.165, 1.54) is 25.7 Å². The largest absolute Gasteiger partial charge is 0.322 e. The standard InChI is InChI=1S/C16H24Cl2N2/c1-16(2,20-9-5-3-4-6-10-20)15(19)12-7-8-13(17)14(18)11-12/h7-8,11,15H,3-6,9-10,19H2,1-2H3. The first-order chi connectivity index (χ1) is 9.43. The molecule has 1 aromatic rings. The van der Waals surface area contributed by atoms with Gasteiger partial charge in [-0.05, 0) is 57.5 Å². The molecule has 0 spiro atoms. The molecule has 2 nitrogen and oxygen atoms in total. The first-order valence-electron chi connectivity index (χ1n) is 7.38. The first kappa shape index (κ1) is 16.1. The van der Waals surface area contributed by atoms with Gasteiger partial charge in [-0.1, -0.05) is 42.1 Å². The SMILES string of the molecule is CC(C)(C(N)c1ccc(Cl)c(Cl)c1)N1CCCCCC1. The maximum absolute atomic E-state index is 6.53. The molecule has 1 heterocycles. The quantitative estimate of drug-likeness (QED) is 0.880. The third kappa shape index (κ3) is 3.48. The molecule has 0 amide bonds. The van der Waals surface area contributed by atoms with E-state index in [0.717, 1.165) is 18.7 Å². The van der Waals surface area contributed by atoms with Gasteiger partial charge in [-0.3, -0.25) is 4.90 Å². The second kappa shape index (κ2) is 6.65. The predicted molar refractivity (Wildman–Crippen MR) is 87.5 cm³/mol. The normalized spacial score (nSPS) is 19.6. The van der Waals surface area contributed by atoms with E-state index in [0.29, 0.717) is 10.0 Å². The van der Waals surface area contributed by atoms with Crippen LogP contribution in [0.5, 0.6) is 0 Å². The Morgan fingerprint density at radius 1 is 1.05 bits per heavy atom. The van der Waals surface area contributed by atoms with Crippen LogP contribution in [-0.2, 0) is 0 Å². The second-order valence-electron chi connectivity index (χ2n) is 6.21. The van der Waals surface area contributed by atoms with E-state index in [-0.39, 0.29) is 11.6 Å². The van der Waals surface area contributed by atoms with E-state index in [1.807, 2.05) is 18.2 Å². The Morgan fingerprint density at radius 3 is 2.20 bits per heavy atom. The van der Waals surface area contributed by atoms with E-state index in [2.05, 4.69) is 18.7 Å². The van der Waals surface area contributed by atoms with Crippen LogP contribution in [0, 0.1) is 0 Å². The maximum Gasteiger partial charge on any atom is 0.0595 e. The van der Waals surface area contributed by atoms with E-state index in [1.54, 1.807) is 0 Å². The van der Waals surface area contributed by atoms with E-state index in [9.17, 15) is 0 Å².